The quantitative estimate of drug-likeness (QED) is 0.494. The van der Waals surface area contributed by atoms with Crippen molar-refractivity contribution in [2.24, 2.45) is 16.7 Å². The molecule has 0 amide bonds. The van der Waals surface area contributed by atoms with E-state index in [-0.39, 0.29) is 0 Å². The fourth-order valence-corrected chi connectivity index (χ4v) is 3.78. The summed E-state index contributed by atoms with van der Waals surface area (Å²) in [7, 11) is 0. The summed E-state index contributed by atoms with van der Waals surface area (Å²) in [6.07, 6.45) is 9.61. The molecule has 0 nitrogen and oxygen atoms in total. The molecule has 0 N–H and O–H groups in total. The van der Waals surface area contributed by atoms with Crippen LogP contribution in [0, 0.1) is 16.7 Å². The van der Waals surface area contributed by atoms with Crippen molar-refractivity contribution in [3.8, 4) is 0 Å². The molecule has 0 heterocycles. The second kappa shape index (κ2) is 3.12. The SMILES string of the molecule is CC1=CC2(C)CCCC(C)[C@]2(C)CC1. The zero-order valence-electron chi connectivity index (χ0n) is 10.2. The Labute approximate surface area is 88.8 Å². The van der Waals surface area contributed by atoms with Crippen molar-refractivity contribution in [3.63, 3.8) is 0 Å². The van der Waals surface area contributed by atoms with Gasteiger partial charge in [0.15, 0.2) is 0 Å². The van der Waals surface area contributed by atoms with Gasteiger partial charge in [-0.25, -0.2) is 0 Å². The summed E-state index contributed by atoms with van der Waals surface area (Å²) in [5, 5.41) is 0. The lowest BCUT2D eigenvalue weighted by Gasteiger charge is -2.55. The summed E-state index contributed by atoms with van der Waals surface area (Å²) < 4.78 is 0. The van der Waals surface area contributed by atoms with Crippen molar-refractivity contribution in [1.82, 2.24) is 0 Å². The molecular formula is C14H24. The number of hydrogen-bond donors (Lipinski definition) is 0. The van der Waals surface area contributed by atoms with E-state index in [0.29, 0.717) is 10.8 Å². The molecule has 0 bridgehead atoms. The van der Waals surface area contributed by atoms with E-state index in [1.165, 1.54) is 32.1 Å². The number of fused-ring (bicyclic) bond motifs is 1. The van der Waals surface area contributed by atoms with E-state index < -0.39 is 0 Å². The van der Waals surface area contributed by atoms with Gasteiger partial charge in [-0.1, -0.05) is 45.3 Å². The lowest BCUT2D eigenvalue weighted by Crippen LogP contribution is -2.46. The van der Waals surface area contributed by atoms with Gasteiger partial charge < -0.3 is 0 Å². The van der Waals surface area contributed by atoms with Gasteiger partial charge in [0.2, 0.25) is 0 Å². The maximum absolute atomic E-state index is 2.59. The Morgan fingerprint density at radius 1 is 1.29 bits per heavy atom. The highest BCUT2D eigenvalue weighted by molar-refractivity contribution is 5.18. The summed E-state index contributed by atoms with van der Waals surface area (Å²) in [5.74, 6) is 0.908. The predicted octanol–water partition coefficient (Wildman–Crippen LogP) is 4.56. The Morgan fingerprint density at radius 3 is 2.71 bits per heavy atom. The smallest absolute Gasteiger partial charge is 0.00875 e. The average molecular weight is 192 g/mol. The van der Waals surface area contributed by atoms with Crippen molar-refractivity contribution in [2.75, 3.05) is 0 Å². The number of hydrogen-bond acceptors (Lipinski definition) is 0. The van der Waals surface area contributed by atoms with Crippen LogP contribution in [0.5, 0.6) is 0 Å². The van der Waals surface area contributed by atoms with Crippen LogP contribution in [0.25, 0.3) is 0 Å². The minimum atomic E-state index is 0.493. The lowest BCUT2D eigenvalue weighted by molar-refractivity contribution is -0.0109. The van der Waals surface area contributed by atoms with Gasteiger partial charge in [-0.15, -0.1) is 0 Å². The maximum atomic E-state index is 2.59. The highest BCUT2D eigenvalue weighted by atomic mass is 14.5. The van der Waals surface area contributed by atoms with Crippen molar-refractivity contribution in [1.29, 1.82) is 0 Å². The molecule has 80 valence electrons. The Kier molecular flexibility index (Phi) is 2.28. The van der Waals surface area contributed by atoms with E-state index in [0.717, 1.165) is 5.92 Å². The highest BCUT2D eigenvalue weighted by Crippen LogP contribution is 2.59. The van der Waals surface area contributed by atoms with E-state index in [2.05, 4.69) is 33.8 Å². The second-order valence-corrected chi connectivity index (χ2v) is 6.12. The zero-order chi connectivity index (χ0) is 10.4. The molecule has 0 aromatic carbocycles. The summed E-state index contributed by atoms with van der Waals surface area (Å²) in [6.45, 7) is 9.79. The first-order valence-electron chi connectivity index (χ1n) is 6.16. The van der Waals surface area contributed by atoms with Crippen LogP contribution in [-0.2, 0) is 0 Å². The second-order valence-electron chi connectivity index (χ2n) is 6.12. The monoisotopic (exact) mass is 192 g/mol. The van der Waals surface area contributed by atoms with Gasteiger partial charge in [0.05, 0.1) is 0 Å². The third-order valence-corrected chi connectivity index (χ3v) is 5.33. The van der Waals surface area contributed by atoms with E-state index >= 15 is 0 Å². The molecule has 2 rings (SSSR count). The molecule has 0 spiro atoms. The Morgan fingerprint density at radius 2 is 2.00 bits per heavy atom. The molecule has 14 heavy (non-hydrogen) atoms. The van der Waals surface area contributed by atoms with E-state index in [4.69, 9.17) is 0 Å². The summed E-state index contributed by atoms with van der Waals surface area (Å²) in [6, 6.07) is 0. The van der Waals surface area contributed by atoms with Crippen LogP contribution in [-0.4, -0.2) is 0 Å². The topological polar surface area (TPSA) is 0 Å². The van der Waals surface area contributed by atoms with Crippen molar-refractivity contribution >= 4 is 0 Å². The maximum Gasteiger partial charge on any atom is -0.00875 e. The molecule has 3 atom stereocenters. The Bertz CT molecular complexity index is 263. The van der Waals surface area contributed by atoms with Crippen LogP contribution < -0.4 is 0 Å². The highest BCUT2D eigenvalue weighted by Gasteiger charge is 2.49. The molecular weight excluding hydrogens is 168 g/mol. The van der Waals surface area contributed by atoms with Crippen molar-refractivity contribution in [2.45, 2.75) is 59.8 Å². The minimum absolute atomic E-state index is 0.493. The van der Waals surface area contributed by atoms with Gasteiger partial charge in [0.1, 0.15) is 0 Å². The summed E-state index contributed by atoms with van der Waals surface area (Å²) in [4.78, 5) is 0. The van der Waals surface area contributed by atoms with E-state index in [9.17, 15) is 0 Å². The predicted molar refractivity (Wildman–Crippen MR) is 62.2 cm³/mol. The van der Waals surface area contributed by atoms with Gasteiger partial charge in [0, 0.05) is 0 Å². The molecule has 0 heteroatoms. The van der Waals surface area contributed by atoms with Crippen LogP contribution in [0.3, 0.4) is 0 Å². The Hall–Kier alpha value is -0.260. The molecule has 1 saturated carbocycles. The third-order valence-electron chi connectivity index (χ3n) is 5.33. The van der Waals surface area contributed by atoms with Crippen LogP contribution in [0.2, 0.25) is 0 Å². The molecule has 0 saturated heterocycles. The first kappa shape index (κ1) is 10.3. The molecule has 0 radical (unpaired) electrons. The largest absolute Gasteiger partial charge is 0.0791 e. The molecule has 0 aromatic heterocycles. The van der Waals surface area contributed by atoms with Crippen LogP contribution in [0.1, 0.15) is 59.8 Å². The normalized spacial score (nSPS) is 48.3. The lowest BCUT2D eigenvalue weighted by atomic mass is 9.49. The van der Waals surface area contributed by atoms with Crippen LogP contribution in [0.15, 0.2) is 11.6 Å². The third kappa shape index (κ3) is 1.26. The fourth-order valence-electron chi connectivity index (χ4n) is 3.78. The van der Waals surface area contributed by atoms with E-state index in [1.807, 2.05) is 0 Å². The average Bonchev–Trinajstić information content (AvgIpc) is 2.10. The van der Waals surface area contributed by atoms with Crippen LogP contribution >= 0.6 is 0 Å². The van der Waals surface area contributed by atoms with Gasteiger partial charge in [-0.05, 0) is 42.9 Å². The summed E-state index contributed by atoms with van der Waals surface area (Å²) >= 11 is 0. The minimum Gasteiger partial charge on any atom is -0.0791 e. The number of allylic oxidation sites excluding steroid dienone is 2. The molecule has 2 aliphatic carbocycles. The van der Waals surface area contributed by atoms with Gasteiger partial charge in [0.25, 0.3) is 0 Å². The molecule has 0 aliphatic heterocycles. The van der Waals surface area contributed by atoms with Crippen LogP contribution in [0.4, 0.5) is 0 Å². The summed E-state index contributed by atoms with van der Waals surface area (Å²) in [5.41, 5.74) is 2.69. The zero-order valence-corrected chi connectivity index (χ0v) is 10.2. The fraction of sp³-hybridized carbons (Fsp3) is 0.857. The molecule has 0 aromatic rings. The molecule has 1 fully saturated rings. The van der Waals surface area contributed by atoms with Crippen molar-refractivity contribution in [3.05, 3.63) is 11.6 Å². The van der Waals surface area contributed by atoms with Gasteiger partial charge in [-0.2, -0.15) is 0 Å². The molecule has 2 unspecified atom stereocenters. The number of rotatable bonds is 0. The standard InChI is InChI=1S/C14H24/c1-11-7-9-14(4)12(2)6-5-8-13(14,3)10-11/h10,12H,5-9H2,1-4H3/t12?,13?,14-/m0/s1. The first-order chi connectivity index (χ1) is 6.48. The van der Waals surface area contributed by atoms with Gasteiger partial charge in [-0.3, -0.25) is 0 Å². The first-order valence-corrected chi connectivity index (χ1v) is 6.16. The Balaban J connectivity index is 2.39. The van der Waals surface area contributed by atoms with E-state index in [1.54, 1.807) is 5.57 Å². The van der Waals surface area contributed by atoms with Gasteiger partial charge >= 0.3 is 0 Å². The molecule has 2 aliphatic rings. The van der Waals surface area contributed by atoms with Crippen molar-refractivity contribution < 1.29 is 0 Å².